The fourth-order valence-electron chi connectivity index (χ4n) is 1.58. The number of hydrogen-bond donors (Lipinski definition) is 1. The molecule has 17 heavy (non-hydrogen) atoms. The number of halogens is 1. The summed E-state index contributed by atoms with van der Waals surface area (Å²) in [5.74, 6) is -1.53. The molecule has 90 valence electrons. The molecule has 1 aromatic rings. The maximum atomic E-state index is 12.7. The normalized spacial score (nSPS) is 19.2. The highest BCUT2D eigenvalue weighted by atomic mass is 19.1. The fraction of sp³-hybridized carbons (Fsp3) is 0.273. The number of carbonyl (C=O) groups is 2. The quantitative estimate of drug-likeness (QED) is 0.861. The van der Waals surface area contributed by atoms with E-state index in [-0.39, 0.29) is 18.9 Å². The molecule has 1 aliphatic rings. The first-order valence-corrected chi connectivity index (χ1v) is 4.99. The van der Waals surface area contributed by atoms with E-state index in [2.05, 4.69) is 4.74 Å². The molecule has 1 heterocycles. The smallest absolute Gasteiger partial charge is 0.411 e. The predicted octanol–water partition coefficient (Wildman–Crippen LogP) is 1.23. The van der Waals surface area contributed by atoms with Gasteiger partial charge in [0.25, 0.3) is 0 Å². The number of rotatable bonds is 3. The topological polar surface area (TPSA) is 66.8 Å². The van der Waals surface area contributed by atoms with Crippen LogP contribution in [0.5, 0.6) is 0 Å². The molecular formula is C11H10FNO4. The Labute approximate surface area is 96.4 Å². The molecule has 1 aliphatic heterocycles. The van der Waals surface area contributed by atoms with Gasteiger partial charge in [-0.15, -0.1) is 0 Å². The van der Waals surface area contributed by atoms with E-state index in [9.17, 15) is 14.0 Å². The molecule has 0 radical (unpaired) electrons. The number of ether oxygens (including phenoxy) is 1. The minimum Gasteiger partial charge on any atom is -0.478 e. The third kappa shape index (κ3) is 2.52. The SMILES string of the molecule is O=C(O)[C@H]1CN(Cc2ccc(F)cc2)C(=O)O1. The van der Waals surface area contributed by atoms with Gasteiger partial charge in [-0.05, 0) is 17.7 Å². The monoisotopic (exact) mass is 239 g/mol. The standard InChI is InChI=1S/C11H10FNO4/c12-8-3-1-7(2-4-8)5-13-6-9(10(14)15)17-11(13)16/h1-4,9H,5-6H2,(H,14,15)/t9-/m1/s1. The highest BCUT2D eigenvalue weighted by Gasteiger charge is 2.35. The summed E-state index contributed by atoms with van der Waals surface area (Å²) in [6.45, 7) is 0.217. The van der Waals surface area contributed by atoms with Gasteiger partial charge in [-0.2, -0.15) is 0 Å². The number of carboxylic acid groups (broad SMARTS) is 1. The van der Waals surface area contributed by atoms with Crippen LogP contribution in [0.1, 0.15) is 5.56 Å². The Morgan fingerprint density at radius 2 is 2.12 bits per heavy atom. The van der Waals surface area contributed by atoms with Crippen molar-refractivity contribution < 1.29 is 23.8 Å². The second kappa shape index (κ2) is 4.40. The van der Waals surface area contributed by atoms with Crippen LogP contribution in [-0.2, 0) is 16.1 Å². The van der Waals surface area contributed by atoms with Crippen molar-refractivity contribution in [3.05, 3.63) is 35.6 Å². The summed E-state index contributed by atoms with van der Waals surface area (Å²) in [5.41, 5.74) is 0.717. The van der Waals surface area contributed by atoms with Gasteiger partial charge in [-0.1, -0.05) is 12.1 Å². The molecule has 0 bridgehead atoms. The predicted molar refractivity (Wildman–Crippen MR) is 54.7 cm³/mol. The van der Waals surface area contributed by atoms with Crippen LogP contribution >= 0.6 is 0 Å². The second-order valence-corrected chi connectivity index (χ2v) is 3.72. The Bertz CT molecular complexity index is 445. The number of cyclic esters (lactones) is 1. The lowest BCUT2D eigenvalue weighted by molar-refractivity contribution is -0.144. The molecule has 1 aromatic carbocycles. The number of nitrogens with zero attached hydrogens (tertiary/aromatic N) is 1. The Hall–Kier alpha value is -2.11. The molecule has 5 nitrogen and oxygen atoms in total. The van der Waals surface area contributed by atoms with Gasteiger partial charge in [0.15, 0.2) is 0 Å². The van der Waals surface area contributed by atoms with E-state index in [1.54, 1.807) is 0 Å². The van der Waals surface area contributed by atoms with Crippen LogP contribution in [0.2, 0.25) is 0 Å². The van der Waals surface area contributed by atoms with Crippen LogP contribution in [0.15, 0.2) is 24.3 Å². The lowest BCUT2D eigenvalue weighted by Crippen LogP contribution is -2.27. The molecule has 1 N–H and O–H groups in total. The number of carboxylic acids is 1. The maximum absolute atomic E-state index is 12.7. The van der Waals surface area contributed by atoms with Crippen LogP contribution in [-0.4, -0.2) is 34.7 Å². The zero-order chi connectivity index (χ0) is 12.4. The van der Waals surface area contributed by atoms with Crippen LogP contribution < -0.4 is 0 Å². The van der Waals surface area contributed by atoms with Crippen LogP contribution in [0.25, 0.3) is 0 Å². The van der Waals surface area contributed by atoms with Gasteiger partial charge >= 0.3 is 12.1 Å². The molecule has 6 heteroatoms. The Kier molecular flexibility index (Phi) is 2.95. The molecule has 0 aromatic heterocycles. The lowest BCUT2D eigenvalue weighted by atomic mass is 10.2. The van der Waals surface area contributed by atoms with Crippen molar-refractivity contribution >= 4 is 12.1 Å². The van der Waals surface area contributed by atoms with Gasteiger partial charge in [0.2, 0.25) is 6.10 Å². The first-order chi connectivity index (χ1) is 8.06. The molecule has 0 spiro atoms. The third-order valence-corrected chi connectivity index (χ3v) is 2.45. The minimum atomic E-state index is -1.17. The highest BCUT2D eigenvalue weighted by molar-refractivity contribution is 5.81. The van der Waals surface area contributed by atoms with Crippen molar-refractivity contribution in [3.8, 4) is 0 Å². The number of aliphatic carboxylic acids is 1. The first kappa shape index (κ1) is 11.4. The van der Waals surface area contributed by atoms with E-state index in [4.69, 9.17) is 5.11 Å². The average molecular weight is 239 g/mol. The molecule has 0 unspecified atom stereocenters. The lowest BCUT2D eigenvalue weighted by Gasteiger charge is -2.12. The zero-order valence-electron chi connectivity index (χ0n) is 8.80. The summed E-state index contributed by atoms with van der Waals surface area (Å²) in [5, 5.41) is 8.70. The molecule has 1 atom stereocenters. The average Bonchev–Trinajstić information content (AvgIpc) is 2.64. The van der Waals surface area contributed by atoms with Crippen molar-refractivity contribution in [1.82, 2.24) is 4.90 Å². The van der Waals surface area contributed by atoms with Crippen molar-refractivity contribution in [3.63, 3.8) is 0 Å². The van der Waals surface area contributed by atoms with E-state index in [0.717, 1.165) is 5.56 Å². The molecular weight excluding hydrogens is 229 g/mol. The van der Waals surface area contributed by atoms with Crippen molar-refractivity contribution in [2.45, 2.75) is 12.6 Å². The highest BCUT2D eigenvalue weighted by Crippen LogP contribution is 2.15. The summed E-state index contributed by atoms with van der Waals surface area (Å²) >= 11 is 0. The van der Waals surface area contributed by atoms with E-state index in [1.165, 1.54) is 29.2 Å². The van der Waals surface area contributed by atoms with E-state index in [1.807, 2.05) is 0 Å². The van der Waals surface area contributed by atoms with Crippen molar-refractivity contribution in [2.24, 2.45) is 0 Å². The van der Waals surface area contributed by atoms with Gasteiger partial charge in [-0.3, -0.25) is 4.90 Å². The summed E-state index contributed by atoms with van der Waals surface area (Å²) < 4.78 is 17.3. The molecule has 0 saturated carbocycles. The number of hydrogen-bond acceptors (Lipinski definition) is 3. The Morgan fingerprint density at radius 1 is 1.47 bits per heavy atom. The Balaban J connectivity index is 2.02. The first-order valence-electron chi connectivity index (χ1n) is 4.99. The second-order valence-electron chi connectivity index (χ2n) is 3.72. The molecule has 1 saturated heterocycles. The van der Waals surface area contributed by atoms with Gasteiger partial charge in [-0.25, -0.2) is 14.0 Å². The van der Waals surface area contributed by atoms with Gasteiger partial charge in [0.05, 0.1) is 6.54 Å². The van der Waals surface area contributed by atoms with Crippen molar-refractivity contribution in [1.29, 1.82) is 0 Å². The van der Waals surface area contributed by atoms with Crippen LogP contribution in [0.3, 0.4) is 0 Å². The Morgan fingerprint density at radius 3 is 2.65 bits per heavy atom. The zero-order valence-corrected chi connectivity index (χ0v) is 8.80. The number of amides is 1. The van der Waals surface area contributed by atoms with Gasteiger partial charge in [0, 0.05) is 6.54 Å². The van der Waals surface area contributed by atoms with Gasteiger partial charge in [0.1, 0.15) is 5.82 Å². The largest absolute Gasteiger partial charge is 0.478 e. The third-order valence-electron chi connectivity index (χ3n) is 2.45. The van der Waals surface area contributed by atoms with Crippen molar-refractivity contribution in [2.75, 3.05) is 6.54 Å². The number of carbonyl (C=O) groups excluding carboxylic acids is 1. The van der Waals surface area contributed by atoms with Gasteiger partial charge < -0.3 is 9.84 Å². The van der Waals surface area contributed by atoms with Crippen LogP contribution in [0.4, 0.5) is 9.18 Å². The molecule has 0 aliphatic carbocycles. The summed E-state index contributed by atoms with van der Waals surface area (Å²) in [7, 11) is 0. The fourth-order valence-corrected chi connectivity index (χ4v) is 1.58. The van der Waals surface area contributed by atoms with E-state index in [0.29, 0.717) is 0 Å². The van der Waals surface area contributed by atoms with E-state index < -0.39 is 18.2 Å². The summed E-state index contributed by atoms with van der Waals surface area (Å²) in [6.07, 6.45) is -1.79. The molecule has 2 rings (SSSR count). The minimum absolute atomic E-state index is 0.00550. The maximum Gasteiger partial charge on any atom is 0.411 e. The summed E-state index contributed by atoms with van der Waals surface area (Å²) in [6, 6.07) is 5.64. The molecule has 1 fully saturated rings. The van der Waals surface area contributed by atoms with Crippen LogP contribution in [0, 0.1) is 5.82 Å². The van der Waals surface area contributed by atoms with E-state index >= 15 is 0 Å². The molecule has 1 amide bonds. The summed E-state index contributed by atoms with van der Waals surface area (Å²) in [4.78, 5) is 23.2. The number of benzene rings is 1.